The van der Waals surface area contributed by atoms with Gasteiger partial charge < -0.3 is 9.84 Å². The van der Waals surface area contributed by atoms with E-state index >= 15 is 0 Å². The molecule has 0 bridgehead atoms. The summed E-state index contributed by atoms with van der Waals surface area (Å²) in [4.78, 5) is 12.0. The normalized spacial score (nSPS) is 10.6. The number of phenols is 1. The zero-order valence-corrected chi connectivity index (χ0v) is 12.9. The highest BCUT2D eigenvalue weighted by atomic mass is 16.5. The van der Waals surface area contributed by atoms with Gasteiger partial charge in [0.1, 0.15) is 11.3 Å². The Labute approximate surface area is 122 Å². The van der Waals surface area contributed by atoms with Crippen LogP contribution in [-0.4, -0.2) is 17.7 Å². The fourth-order valence-electron chi connectivity index (χ4n) is 2.34. The van der Waals surface area contributed by atoms with E-state index in [1.165, 1.54) is 0 Å². The number of benzene rings is 1. The Hall–Kier alpha value is -1.51. The number of hydrogen-bond acceptors (Lipinski definition) is 3. The summed E-state index contributed by atoms with van der Waals surface area (Å²) in [6, 6.07) is 3.58. The highest BCUT2D eigenvalue weighted by Crippen LogP contribution is 2.27. The zero-order chi connectivity index (χ0) is 15.0. The lowest BCUT2D eigenvalue weighted by Gasteiger charge is -2.12. The van der Waals surface area contributed by atoms with Gasteiger partial charge in [0.2, 0.25) is 0 Å². The van der Waals surface area contributed by atoms with E-state index in [-0.39, 0.29) is 11.3 Å². The smallest absolute Gasteiger partial charge is 0.341 e. The summed E-state index contributed by atoms with van der Waals surface area (Å²) >= 11 is 0. The second-order valence-corrected chi connectivity index (χ2v) is 5.00. The fourth-order valence-corrected chi connectivity index (χ4v) is 2.34. The van der Waals surface area contributed by atoms with Crippen LogP contribution in [-0.2, 0) is 17.6 Å². The van der Waals surface area contributed by atoms with Crippen molar-refractivity contribution in [2.75, 3.05) is 6.61 Å². The predicted octanol–water partition coefficient (Wildman–Crippen LogP) is 4.25. The minimum absolute atomic E-state index is 0.0883. The van der Waals surface area contributed by atoms with E-state index in [2.05, 4.69) is 6.92 Å². The van der Waals surface area contributed by atoms with Crippen molar-refractivity contribution < 1.29 is 14.6 Å². The van der Waals surface area contributed by atoms with Gasteiger partial charge in [-0.25, -0.2) is 4.79 Å². The van der Waals surface area contributed by atoms with Crippen molar-refractivity contribution in [3.8, 4) is 5.75 Å². The molecule has 0 aliphatic heterocycles. The third-order valence-electron chi connectivity index (χ3n) is 3.57. The molecule has 0 aliphatic carbocycles. The summed E-state index contributed by atoms with van der Waals surface area (Å²) < 4.78 is 5.23. The minimum atomic E-state index is -0.420. The molecule has 0 saturated carbocycles. The number of hydrogen-bond donors (Lipinski definition) is 1. The lowest BCUT2D eigenvalue weighted by atomic mass is 9.98. The first-order valence-corrected chi connectivity index (χ1v) is 7.66. The molecule has 1 rings (SSSR count). The van der Waals surface area contributed by atoms with Crippen LogP contribution in [0.2, 0.25) is 0 Å². The summed E-state index contributed by atoms with van der Waals surface area (Å²) in [7, 11) is 0. The van der Waals surface area contributed by atoms with Crippen molar-refractivity contribution in [3.63, 3.8) is 0 Å². The maximum atomic E-state index is 12.0. The number of aromatic hydroxyl groups is 1. The Morgan fingerprint density at radius 3 is 2.45 bits per heavy atom. The molecular weight excluding hydrogens is 252 g/mol. The van der Waals surface area contributed by atoms with E-state index in [4.69, 9.17) is 4.74 Å². The van der Waals surface area contributed by atoms with Gasteiger partial charge in [-0.05, 0) is 36.5 Å². The lowest BCUT2D eigenvalue weighted by Crippen LogP contribution is -2.08. The van der Waals surface area contributed by atoms with E-state index in [0.29, 0.717) is 13.0 Å². The number of unbranched alkanes of at least 4 members (excludes halogenated alkanes) is 3. The van der Waals surface area contributed by atoms with E-state index < -0.39 is 5.97 Å². The van der Waals surface area contributed by atoms with Crippen LogP contribution in [0.5, 0.6) is 5.75 Å². The van der Waals surface area contributed by atoms with Crippen molar-refractivity contribution >= 4 is 5.97 Å². The highest BCUT2D eigenvalue weighted by molar-refractivity contribution is 5.93. The predicted molar refractivity (Wildman–Crippen MR) is 81.3 cm³/mol. The number of aryl methyl sites for hydroxylation is 1. The molecule has 3 heteroatoms. The molecule has 0 aliphatic rings. The maximum Gasteiger partial charge on any atom is 0.341 e. The molecule has 0 amide bonds. The van der Waals surface area contributed by atoms with Crippen molar-refractivity contribution in [2.45, 2.75) is 59.3 Å². The van der Waals surface area contributed by atoms with Gasteiger partial charge in [-0.1, -0.05) is 46.1 Å². The molecule has 0 atom stereocenters. The number of carbonyl (C=O) groups is 1. The summed E-state index contributed by atoms with van der Waals surface area (Å²) in [6.07, 6.45) is 5.84. The molecule has 0 heterocycles. The topological polar surface area (TPSA) is 46.5 Å². The van der Waals surface area contributed by atoms with Gasteiger partial charge in [0, 0.05) is 0 Å². The summed E-state index contributed by atoms with van der Waals surface area (Å²) in [5.74, 6) is -0.332. The monoisotopic (exact) mass is 278 g/mol. The second kappa shape index (κ2) is 8.62. The summed E-state index contributed by atoms with van der Waals surface area (Å²) in [5.41, 5.74) is 2.23. The first-order chi connectivity index (χ1) is 9.65. The van der Waals surface area contributed by atoms with Crippen LogP contribution in [0.25, 0.3) is 0 Å². The quantitative estimate of drug-likeness (QED) is 0.571. The molecule has 0 fully saturated rings. The van der Waals surface area contributed by atoms with Crippen molar-refractivity contribution in [2.24, 2.45) is 0 Å². The molecule has 0 spiro atoms. The Morgan fingerprint density at radius 2 is 1.85 bits per heavy atom. The Bertz CT molecular complexity index is 438. The van der Waals surface area contributed by atoms with Crippen LogP contribution in [0, 0.1) is 0 Å². The van der Waals surface area contributed by atoms with Gasteiger partial charge in [-0.15, -0.1) is 0 Å². The van der Waals surface area contributed by atoms with Crippen LogP contribution in [0.15, 0.2) is 12.1 Å². The zero-order valence-electron chi connectivity index (χ0n) is 12.9. The van der Waals surface area contributed by atoms with Crippen molar-refractivity contribution in [1.29, 1.82) is 0 Å². The molecule has 0 saturated heterocycles. The number of phenolic OH excluding ortho intramolecular Hbond substituents is 1. The summed E-state index contributed by atoms with van der Waals surface area (Å²) in [6.45, 7) is 6.59. The molecule has 3 nitrogen and oxygen atoms in total. The van der Waals surface area contributed by atoms with Crippen molar-refractivity contribution in [1.82, 2.24) is 0 Å². The van der Waals surface area contributed by atoms with Crippen LogP contribution < -0.4 is 0 Å². The van der Waals surface area contributed by atoms with Gasteiger partial charge >= 0.3 is 5.97 Å². The number of esters is 1. The van der Waals surface area contributed by atoms with Crippen molar-refractivity contribution in [3.05, 3.63) is 28.8 Å². The van der Waals surface area contributed by atoms with Gasteiger partial charge in [-0.3, -0.25) is 0 Å². The Morgan fingerprint density at radius 1 is 1.10 bits per heavy atom. The van der Waals surface area contributed by atoms with Crippen LogP contribution in [0.1, 0.15) is 67.9 Å². The third kappa shape index (κ3) is 4.26. The minimum Gasteiger partial charge on any atom is -0.507 e. The Kier molecular flexibility index (Phi) is 7.13. The largest absolute Gasteiger partial charge is 0.507 e. The number of carbonyl (C=O) groups excluding carboxylic acids is 1. The number of ether oxygens (including phenoxy) is 1. The van der Waals surface area contributed by atoms with Gasteiger partial charge in [0.15, 0.2) is 0 Å². The molecule has 1 aromatic carbocycles. The van der Waals surface area contributed by atoms with Gasteiger partial charge in [-0.2, -0.15) is 0 Å². The first kappa shape index (κ1) is 16.5. The molecule has 1 N–H and O–H groups in total. The van der Waals surface area contributed by atoms with Gasteiger partial charge in [0.25, 0.3) is 0 Å². The fraction of sp³-hybridized carbons (Fsp3) is 0.588. The van der Waals surface area contributed by atoms with Crippen LogP contribution in [0.3, 0.4) is 0 Å². The second-order valence-electron chi connectivity index (χ2n) is 5.00. The van der Waals surface area contributed by atoms with Crippen LogP contribution >= 0.6 is 0 Å². The lowest BCUT2D eigenvalue weighted by molar-refractivity contribution is 0.0494. The highest BCUT2D eigenvalue weighted by Gasteiger charge is 2.17. The van der Waals surface area contributed by atoms with E-state index in [1.54, 1.807) is 6.07 Å². The molecule has 20 heavy (non-hydrogen) atoms. The summed E-state index contributed by atoms with van der Waals surface area (Å²) in [5, 5.41) is 10.2. The molecular formula is C17H26O3. The average Bonchev–Trinajstić information content (AvgIpc) is 2.46. The van der Waals surface area contributed by atoms with Gasteiger partial charge in [0.05, 0.1) is 6.61 Å². The van der Waals surface area contributed by atoms with E-state index in [1.807, 2.05) is 19.9 Å². The maximum absolute atomic E-state index is 12.0. The molecule has 112 valence electrons. The molecule has 0 aromatic heterocycles. The SMILES string of the molecule is CCCCCCOC(=O)c1ccc(CC)c(CC)c1O. The first-order valence-electron chi connectivity index (χ1n) is 7.66. The van der Waals surface area contributed by atoms with E-state index in [0.717, 1.165) is 43.2 Å². The molecule has 0 radical (unpaired) electrons. The average molecular weight is 278 g/mol. The molecule has 0 unspecified atom stereocenters. The third-order valence-corrected chi connectivity index (χ3v) is 3.57. The van der Waals surface area contributed by atoms with E-state index in [9.17, 15) is 9.90 Å². The number of rotatable bonds is 8. The Balaban J connectivity index is 2.69. The van der Waals surface area contributed by atoms with Crippen LogP contribution in [0.4, 0.5) is 0 Å². The molecule has 1 aromatic rings. The standard InChI is InChI=1S/C17H26O3/c1-4-7-8-9-12-20-17(19)15-11-10-13(5-2)14(6-3)16(15)18/h10-11,18H,4-9,12H2,1-3H3.